The van der Waals surface area contributed by atoms with E-state index in [4.69, 9.17) is 27.9 Å². The summed E-state index contributed by atoms with van der Waals surface area (Å²) in [5.74, 6) is -0.0759. The van der Waals surface area contributed by atoms with Crippen molar-refractivity contribution in [1.29, 1.82) is 0 Å². The second kappa shape index (κ2) is 5.49. The molecule has 1 saturated heterocycles. The molecule has 118 valence electrons. The van der Waals surface area contributed by atoms with Crippen LogP contribution in [0.2, 0.25) is 10.0 Å². The van der Waals surface area contributed by atoms with Crippen molar-refractivity contribution >= 4 is 34.8 Å². The summed E-state index contributed by atoms with van der Waals surface area (Å²) in [6.45, 7) is 1.40. The zero-order valence-corrected chi connectivity index (χ0v) is 13.7. The van der Waals surface area contributed by atoms with Gasteiger partial charge in [-0.15, -0.1) is 0 Å². The summed E-state index contributed by atoms with van der Waals surface area (Å²) in [6.07, 6.45) is 0. The Hall–Kier alpha value is -1.59. The molecule has 4 nitrogen and oxygen atoms in total. The van der Waals surface area contributed by atoms with Crippen molar-refractivity contribution in [2.75, 3.05) is 25.0 Å². The van der Waals surface area contributed by atoms with Gasteiger partial charge in [-0.3, -0.25) is 9.69 Å². The molecule has 0 aliphatic carbocycles. The van der Waals surface area contributed by atoms with Crippen LogP contribution in [0, 0.1) is 0 Å². The molecule has 2 heterocycles. The lowest BCUT2D eigenvalue weighted by atomic mass is 9.92. The molecular formula is C17H14Cl2N2O2. The molecule has 0 saturated carbocycles. The molecule has 1 atom stereocenters. The summed E-state index contributed by atoms with van der Waals surface area (Å²) in [5.41, 5.74) is 1.42. The monoisotopic (exact) mass is 348 g/mol. The Bertz CT molecular complexity index is 796. The Morgan fingerprint density at radius 1 is 1.13 bits per heavy atom. The molecule has 6 heteroatoms. The fraction of sp³-hybridized carbons (Fsp3) is 0.235. The van der Waals surface area contributed by atoms with Gasteiger partial charge in [-0.05, 0) is 24.3 Å². The van der Waals surface area contributed by atoms with Crippen LogP contribution in [0.1, 0.15) is 11.1 Å². The van der Waals surface area contributed by atoms with Crippen LogP contribution in [0.25, 0.3) is 0 Å². The summed E-state index contributed by atoms with van der Waals surface area (Å²) in [4.78, 5) is 14.3. The normalized spacial score (nSPS) is 23.8. The van der Waals surface area contributed by atoms with Crippen molar-refractivity contribution in [2.45, 2.75) is 5.72 Å². The van der Waals surface area contributed by atoms with E-state index < -0.39 is 5.72 Å². The van der Waals surface area contributed by atoms with Gasteiger partial charge in [0.15, 0.2) is 5.72 Å². The average molecular weight is 349 g/mol. The van der Waals surface area contributed by atoms with E-state index in [1.54, 1.807) is 12.1 Å². The number of halogens is 2. The van der Waals surface area contributed by atoms with Crippen LogP contribution in [0.5, 0.6) is 0 Å². The summed E-state index contributed by atoms with van der Waals surface area (Å²) in [7, 11) is 0. The van der Waals surface area contributed by atoms with Crippen molar-refractivity contribution in [3.8, 4) is 0 Å². The zero-order valence-electron chi connectivity index (χ0n) is 12.2. The second-order valence-corrected chi connectivity index (χ2v) is 6.48. The Morgan fingerprint density at radius 3 is 2.78 bits per heavy atom. The topological polar surface area (TPSA) is 41.6 Å². The highest BCUT2D eigenvalue weighted by Gasteiger charge is 2.50. The number of carbonyl (C=O) groups is 1. The van der Waals surface area contributed by atoms with Gasteiger partial charge >= 0.3 is 0 Å². The molecule has 2 aromatic carbocycles. The quantitative estimate of drug-likeness (QED) is 0.857. The lowest BCUT2D eigenvalue weighted by molar-refractivity contribution is -0.120. The first-order valence-electron chi connectivity index (χ1n) is 7.35. The molecule has 0 aromatic heterocycles. The van der Waals surface area contributed by atoms with Gasteiger partial charge in [-0.1, -0.05) is 41.4 Å². The minimum atomic E-state index is -0.905. The molecule has 2 aliphatic rings. The molecular weight excluding hydrogens is 335 g/mol. The molecule has 1 fully saturated rings. The number of fused-ring (bicyclic) bond motifs is 3. The molecule has 2 aliphatic heterocycles. The van der Waals surface area contributed by atoms with E-state index in [9.17, 15) is 4.79 Å². The maximum atomic E-state index is 12.3. The smallest absolute Gasteiger partial charge is 0.238 e. The van der Waals surface area contributed by atoms with Crippen molar-refractivity contribution < 1.29 is 9.53 Å². The third-order valence-electron chi connectivity index (χ3n) is 4.31. The van der Waals surface area contributed by atoms with Crippen LogP contribution in [-0.2, 0) is 15.3 Å². The lowest BCUT2D eigenvalue weighted by Crippen LogP contribution is -2.44. The van der Waals surface area contributed by atoms with Crippen molar-refractivity contribution in [2.24, 2.45) is 0 Å². The second-order valence-electron chi connectivity index (χ2n) is 5.63. The SMILES string of the molecule is O=C1CN2CCO[C@]2(c2ccccc2Cl)c2cc(Cl)ccc2N1. The molecule has 4 rings (SSSR count). The number of hydrogen-bond donors (Lipinski definition) is 1. The number of hydrogen-bond acceptors (Lipinski definition) is 3. The van der Waals surface area contributed by atoms with Crippen LogP contribution < -0.4 is 5.32 Å². The molecule has 0 radical (unpaired) electrons. The molecule has 0 spiro atoms. The number of nitrogens with zero attached hydrogens (tertiary/aromatic N) is 1. The highest BCUT2D eigenvalue weighted by atomic mass is 35.5. The van der Waals surface area contributed by atoms with Crippen LogP contribution in [-0.4, -0.2) is 30.5 Å². The predicted molar refractivity (Wildman–Crippen MR) is 89.8 cm³/mol. The van der Waals surface area contributed by atoms with Crippen LogP contribution in [0.3, 0.4) is 0 Å². The third-order valence-corrected chi connectivity index (χ3v) is 4.88. The van der Waals surface area contributed by atoms with E-state index in [1.807, 2.05) is 35.2 Å². The molecule has 1 N–H and O–H groups in total. The van der Waals surface area contributed by atoms with E-state index in [0.717, 1.165) is 11.1 Å². The standard InChI is InChI=1S/C17H14Cl2N2O2/c18-11-5-6-15-13(9-11)17(12-3-1-2-4-14(12)19)21(7-8-23-17)10-16(22)20-15/h1-6,9H,7-8,10H2,(H,20,22)/t17-/m1/s1. The Kier molecular flexibility index (Phi) is 3.58. The summed E-state index contributed by atoms with van der Waals surface area (Å²) in [6, 6.07) is 13.0. The van der Waals surface area contributed by atoms with E-state index in [1.165, 1.54) is 0 Å². The zero-order chi connectivity index (χ0) is 16.0. The first-order valence-corrected chi connectivity index (χ1v) is 8.11. The lowest BCUT2D eigenvalue weighted by Gasteiger charge is -2.37. The highest BCUT2D eigenvalue weighted by molar-refractivity contribution is 6.31. The number of rotatable bonds is 1. The van der Waals surface area contributed by atoms with Crippen LogP contribution in [0.15, 0.2) is 42.5 Å². The number of carbonyl (C=O) groups excluding carboxylic acids is 1. The van der Waals surface area contributed by atoms with E-state index in [0.29, 0.717) is 28.9 Å². The maximum absolute atomic E-state index is 12.3. The van der Waals surface area contributed by atoms with Gasteiger partial charge in [0.05, 0.1) is 13.2 Å². The molecule has 23 heavy (non-hydrogen) atoms. The highest BCUT2D eigenvalue weighted by Crippen LogP contribution is 2.47. The predicted octanol–water partition coefficient (Wildman–Crippen LogP) is 3.48. The van der Waals surface area contributed by atoms with Crippen molar-refractivity contribution in [1.82, 2.24) is 4.90 Å². The Balaban J connectivity index is 2.04. The first-order chi connectivity index (χ1) is 11.1. The van der Waals surface area contributed by atoms with Gasteiger partial charge in [0, 0.05) is 33.4 Å². The van der Waals surface area contributed by atoms with Gasteiger partial charge in [0.25, 0.3) is 0 Å². The van der Waals surface area contributed by atoms with Crippen molar-refractivity contribution in [3.63, 3.8) is 0 Å². The number of ether oxygens (including phenoxy) is 1. The number of anilines is 1. The summed E-state index contributed by atoms with van der Waals surface area (Å²) < 4.78 is 6.21. The van der Waals surface area contributed by atoms with E-state index in [-0.39, 0.29) is 12.5 Å². The van der Waals surface area contributed by atoms with Gasteiger partial charge in [0.1, 0.15) is 0 Å². The van der Waals surface area contributed by atoms with Crippen LogP contribution in [0.4, 0.5) is 5.69 Å². The average Bonchev–Trinajstić information content (AvgIpc) is 2.89. The van der Waals surface area contributed by atoms with Gasteiger partial charge in [-0.25, -0.2) is 0 Å². The number of nitrogens with one attached hydrogen (secondary N) is 1. The largest absolute Gasteiger partial charge is 0.350 e. The van der Waals surface area contributed by atoms with Gasteiger partial charge < -0.3 is 10.1 Å². The third kappa shape index (κ3) is 2.25. The van der Waals surface area contributed by atoms with Gasteiger partial charge in [0.2, 0.25) is 5.91 Å². The number of amides is 1. The number of benzene rings is 2. The summed E-state index contributed by atoms with van der Waals surface area (Å²) in [5, 5.41) is 4.11. The molecule has 0 unspecified atom stereocenters. The molecule has 0 bridgehead atoms. The fourth-order valence-corrected chi connectivity index (χ4v) is 3.82. The Labute approximate surface area is 143 Å². The van der Waals surface area contributed by atoms with E-state index in [2.05, 4.69) is 5.32 Å². The fourth-order valence-electron chi connectivity index (χ4n) is 3.39. The van der Waals surface area contributed by atoms with Gasteiger partial charge in [-0.2, -0.15) is 0 Å². The maximum Gasteiger partial charge on any atom is 0.238 e. The van der Waals surface area contributed by atoms with Crippen LogP contribution >= 0.6 is 23.2 Å². The van der Waals surface area contributed by atoms with E-state index >= 15 is 0 Å². The Morgan fingerprint density at radius 2 is 1.96 bits per heavy atom. The van der Waals surface area contributed by atoms with Crippen molar-refractivity contribution in [3.05, 3.63) is 63.6 Å². The molecule has 1 amide bonds. The minimum absolute atomic E-state index is 0.0759. The first kappa shape index (κ1) is 15.0. The minimum Gasteiger partial charge on any atom is -0.350 e. The summed E-state index contributed by atoms with van der Waals surface area (Å²) >= 11 is 12.7. The molecule has 2 aromatic rings.